The molecule has 0 aliphatic carbocycles. The van der Waals surface area contributed by atoms with Crippen LogP contribution in [0.15, 0.2) is 78.9 Å². The largest absolute Gasteiger partial charge is 0.489 e. The van der Waals surface area contributed by atoms with Crippen LogP contribution in [-0.2, 0) is 17.8 Å². The third-order valence-electron chi connectivity index (χ3n) is 5.31. The van der Waals surface area contributed by atoms with E-state index in [9.17, 15) is 9.90 Å². The Labute approximate surface area is 178 Å². The molecule has 3 rings (SSSR count). The van der Waals surface area contributed by atoms with E-state index in [1.165, 1.54) is 0 Å². The monoisotopic (exact) mass is 403 g/mol. The first-order valence-electron chi connectivity index (χ1n) is 10.2. The van der Waals surface area contributed by atoms with Gasteiger partial charge in [-0.05, 0) is 62.6 Å². The Hall–Kier alpha value is -3.27. The molecule has 0 spiro atoms. The fraction of sp³-hybridized carbons (Fsp3) is 0.269. The zero-order chi connectivity index (χ0) is 21.6. The molecule has 4 nitrogen and oxygen atoms in total. The van der Waals surface area contributed by atoms with Crippen LogP contribution in [0.4, 0.5) is 5.69 Å². The van der Waals surface area contributed by atoms with E-state index in [-0.39, 0.29) is 0 Å². The number of rotatable bonds is 9. The molecule has 0 fully saturated rings. The Kier molecular flexibility index (Phi) is 6.78. The molecule has 0 aliphatic heterocycles. The molecule has 0 aliphatic rings. The van der Waals surface area contributed by atoms with E-state index in [1.807, 2.05) is 84.6 Å². The van der Waals surface area contributed by atoms with Crippen LogP contribution in [0.2, 0.25) is 0 Å². The molecule has 4 heteroatoms. The van der Waals surface area contributed by atoms with E-state index in [2.05, 4.69) is 6.07 Å². The predicted octanol–water partition coefficient (Wildman–Crippen LogP) is 5.49. The summed E-state index contributed by atoms with van der Waals surface area (Å²) in [5.41, 5.74) is 3.27. The van der Waals surface area contributed by atoms with Gasteiger partial charge in [0, 0.05) is 12.2 Å². The molecular weight excluding hydrogens is 374 g/mol. The molecule has 0 atom stereocenters. The van der Waals surface area contributed by atoms with E-state index in [1.54, 1.807) is 13.8 Å². The Balaban J connectivity index is 1.72. The van der Waals surface area contributed by atoms with Gasteiger partial charge in [-0.15, -0.1) is 0 Å². The molecule has 30 heavy (non-hydrogen) atoms. The first-order chi connectivity index (χ1) is 14.4. The van der Waals surface area contributed by atoms with Crippen LogP contribution in [0.1, 0.15) is 30.5 Å². The number of carboxylic acid groups (broad SMARTS) is 1. The number of anilines is 1. The lowest BCUT2D eigenvalue weighted by molar-refractivity contribution is -0.142. The minimum atomic E-state index is -1.02. The second kappa shape index (κ2) is 9.49. The van der Waals surface area contributed by atoms with E-state index in [0.717, 1.165) is 28.1 Å². The molecule has 0 radical (unpaired) electrons. The highest BCUT2D eigenvalue weighted by molar-refractivity contribution is 5.82. The van der Waals surface area contributed by atoms with Crippen molar-refractivity contribution in [2.75, 3.05) is 11.4 Å². The number of benzene rings is 3. The van der Waals surface area contributed by atoms with Crippen LogP contribution in [-0.4, -0.2) is 23.2 Å². The van der Waals surface area contributed by atoms with Gasteiger partial charge in [0.25, 0.3) is 0 Å². The van der Waals surface area contributed by atoms with Crippen LogP contribution in [0.3, 0.4) is 0 Å². The van der Waals surface area contributed by atoms with Crippen molar-refractivity contribution in [2.45, 2.75) is 39.3 Å². The maximum Gasteiger partial charge on any atom is 0.328 e. The Morgan fingerprint density at radius 3 is 2.27 bits per heavy atom. The summed E-state index contributed by atoms with van der Waals surface area (Å²) in [6, 6.07) is 26.1. The minimum Gasteiger partial charge on any atom is -0.489 e. The van der Waals surface area contributed by atoms with Crippen LogP contribution in [0.5, 0.6) is 5.75 Å². The van der Waals surface area contributed by atoms with Crippen LogP contribution >= 0.6 is 0 Å². The average Bonchev–Trinajstić information content (AvgIpc) is 2.74. The highest BCUT2D eigenvalue weighted by Gasteiger charge is 2.34. The summed E-state index contributed by atoms with van der Waals surface area (Å²) in [5.74, 6) is -0.0289. The second-order valence-corrected chi connectivity index (χ2v) is 8.02. The first kappa shape index (κ1) is 21.4. The van der Waals surface area contributed by atoms with Crippen molar-refractivity contribution in [3.05, 3.63) is 95.6 Å². The normalized spacial score (nSPS) is 11.2. The minimum absolute atomic E-state index is 0.520. The zero-order valence-electron chi connectivity index (χ0n) is 17.8. The lowest BCUT2D eigenvalue weighted by atomic mass is 10.00. The topological polar surface area (TPSA) is 49.8 Å². The van der Waals surface area contributed by atoms with Crippen LogP contribution < -0.4 is 9.64 Å². The third-order valence-corrected chi connectivity index (χ3v) is 5.31. The summed E-state index contributed by atoms with van der Waals surface area (Å²) in [6.45, 7) is 6.62. The van der Waals surface area contributed by atoms with Crippen molar-refractivity contribution < 1.29 is 14.6 Å². The third kappa shape index (κ3) is 5.41. The Bertz CT molecular complexity index is 965. The number of aliphatic carboxylic acids is 1. The summed E-state index contributed by atoms with van der Waals surface area (Å²) >= 11 is 0. The molecule has 0 bridgehead atoms. The molecule has 3 aromatic carbocycles. The lowest BCUT2D eigenvalue weighted by Gasteiger charge is -2.37. The first-order valence-corrected chi connectivity index (χ1v) is 10.2. The lowest BCUT2D eigenvalue weighted by Crippen LogP contribution is -2.51. The van der Waals surface area contributed by atoms with Gasteiger partial charge in [0.15, 0.2) is 0 Å². The Morgan fingerprint density at radius 2 is 1.60 bits per heavy atom. The number of aryl methyl sites for hydroxylation is 1. The summed E-state index contributed by atoms with van der Waals surface area (Å²) < 4.78 is 5.94. The van der Waals surface area contributed by atoms with Gasteiger partial charge in [0.05, 0.1) is 0 Å². The van der Waals surface area contributed by atoms with Gasteiger partial charge in [0.1, 0.15) is 17.9 Å². The molecule has 1 N–H and O–H groups in total. The van der Waals surface area contributed by atoms with E-state index in [4.69, 9.17) is 4.74 Å². The number of ether oxygens (including phenoxy) is 1. The van der Waals surface area contributed by atoms with Crippen LogP contribution in [0, 0.1) is 6.92 Å². The molecule has 3 aromatic rings. The number of carboxylic acids is 1. The maximum absolute atomic E-state index is 11.9. The molecule has 0 saturated heterocycles. The van der Waals surface area contributed by atoms with Gasteiger partial charge in [-0.1, -0.05) is 60.2 Å². The molecule has 0 saturated carbocycles. The summed E-state index contributed by atoms with van der Waals surface area (Å²) in [5, 5.41) is 9.79. The van der Waals surface area contributed by atoms with Crippen molar-refractivity contribution in [1.82, 2.24) is 0 Å². The summed E-state index contributed by atoms with van der Waals surface area (Å²) in [7, 11) is 0. The van der Waals surface area contributed by atoms with Crippen molar-refractivity contribution in [3.8, 4) is 5.75 Å². The number of nitrogens with zero attached hydrogens (tertiary/aromatic N) is 1. The zero-order valence-corrected chi connectivity index (χ0v) is 17.8. The molecular formula is C26H29NO3. The molecule has 0 unspecified atom stereocenters. The van der Waals surface area contributed by atoms with Crippen molar-refractivity contribution in [2.24, 2.45) is 0 Å². The van der Waals surface area contributed by atoms with Gasteiger partial charge >= 0.3 is 5.97 Å². The van der Waals surface area contributed by atoms with Crippen molar-refractivity contribution in [1.29, 1.82) is 0 Å². The van der Waals surface area contributed by atoms with Gasteiger partial charge in [-0.3, -0.25) is 0 Å². The molecule has 0 amide bonds. The number of hydrogen-bond donors (Lipinski definition) is 1. The predicted molar refractivity (Wildman–Crippen MR) is 121 cm³/mol. The van der Waals surface area contributed by atoms with E-state index in [0.29, 0.717) is 19.6 Å². The summed E-state index contributed by atoms with van der Waals surface area (Å²) in [4.78, 5) is 13.9. The summed E-state index contributed by atoms with van der Waals surface area (Å²) in [6.07, 6.45) is 0.715. The fourth-order valence-corrected chi connectivity index (χ4v) is 3.34. The van der Waals surface area contributed by atoms with Gasteiger partial charge in [-0.25, -0.2) is 4.79 Å². The molecule has 156 valence electrons. The SMILES string of the molecule is Cc1ccc(N(CCc2cccc(OCc3ccccc3)c2)C(C)(C)C(=O)O)cc1. The number of carbonyl (C=O) groups is 1. The smallest absolute Gasteiger partial charge is 0.328 e. The Morgan fingerprint density at radius 1 is 0.933 bits per heavy atom. The van der Waals surface area contributed by atoms with Crippen LogP contribution in [0.25, 0.3) is 0 Å². The highest BCUT2D eigenvalue weighted by Crippen LogP contribution is 2.26. The van der Waals surface area contributed by atoms with E-state index < -0.39 is 11.5 Å². The standard InChI is InChI=1S/C26H29NO3/c1-20-12-14-23(15-13-20)27(26(2,3)25(28)29)17-16-21-10-7-11-24(18-21)30-19-22-8-5-4-6-9-22/h4-15,18H,16-17,19H2,1-3H3,(H,28,29). The quantitative estimate of drug-likeness (QED) is 0.513. The van der Waals surface area contributed by atoms with Gasteiger partial charge < -0.3 is 14.7 Å². The van der Waals surface area contributed by atoms with Gasteiger partial charge in [-0.2, -0.15) is 0 Å². The second-order valence-electron chi connectivity index (χ2n) is 8.02. The van der Waals surface area contributed by atoms with Crippen molar-refractivity contribution >= 4 is 11.7 Å². The van der Waals surface area contributed by atoms with Gasteiger partial charge in [0.2, 0.25) is 0 Å². The van der Waals surface area contributed by atoms with Crippen molar-refractivity contribution in [3.63, 3.8) is 0 Å². The molecule has 0 aromatic heterocycles. The fourth-order valence-electron chi connectivity index (χ4n) is 3.34. The maximum atomic E-state index is 11.9. The number of hydrogen-bond acceptors (Lipinski definition) is 3. The van der Waals surface area contributed by atoms with E-state index >= 15 is 0 Å². The highest BCUT2D eigenvalue weighted by atomic mass is 16.5. The molecule has 0 heterocycles. The average molecular weight is 404 g/mol.